The van der Waals surface area contributed by atoms with Crippen LogP contribution in [0.2, 0.25) is 0 Å². The zero-order valence-electron chi connectivity index (χ0n) is 11.8. The maximum atomic E-state index is 5.07. The molecule has 0 amide bonds. The van der Waals surface area contributed by atoms with E-state index in [1.807, 2.05) is 26.0 Å². The Morgan fingerprint density at radius 1 is 0.706 bits per heavy atom. The molecule has 0 spiro atoms. The van der Waals surface area contributed by atoms with Crippen LogP contribution in [0.1, 0.15) is 34.1 Å². The number of hydrogen-bond donors (Lipinski definition) is 0. The molecule has 0 bridgehead atoms. The summed E-state index contributed by atoms with van der Waals surface area (Å²) in [7, 11) is 3.36. The van der Waals surface area contributed by atoms with Gasteiger partial charge in [0.2, 0.25) is 0 Å². The molecule has 0 N–H and O–H groups in total. The van der Waals surface area contributed by atoms with E-state index in [-0.39, 0.29) is 0 Å². The van der Waals surface area contributed by atoms with E-state index in [4.69, 9.17) is 9.47 Å². The smallest absolute Gasteiger partial charge is 0.0924 e. The van der Waals surface area contributed by atoms with E-state index in [1.165, 1.54) is 11.1 Å². The Morgan fingerprint density at radius 2 is 1.06 bits per heavy atom. The Kier molecular flexibility index (Phi) is 7.95. The van der Waals surface area contributed by atoms with Crippen LogP contribution < -0.4 is 0 Å². The quantitative estimate of drug-likeness (QED) is 0.503. The topological polar surface area (TPSA) is 18.5 Å². The van der Waals surface area contributed by atoms with Gasteiger partial charge in [0.15, 0.2) is 0 Å². The third-order valence-electron chi connectivity index (χ3n) is 2.41. The second-order valence-corrected chi connectivity index (χ2v) is 4.17. The summed E-state index contributed by atoms with van der Waals surface area (Å²) in [6.07, 6.45) is 9.10. The summed E-state index contributed by atoms with van der Waals surface area (Å²) < 4.78 is 10.1. The van der Waals surface area contributed by atoms with E-state index in [0.29, 0.717) is 0 Å². The van der Waals surface area contributed by atoms with Crippen LogP contribution in [0.4, 0.5) is 0 Å². The van der Waals surface area contributed by atoms with Gasteiger partial charge in [-0.05, 0) is 46.3 Å². The van der Waals surface area contributed by atoms with Crippen LogP contribution in [0.5, 0.6) is 0 Å². The van der Waals surface area contributed by atoms with Crippen molar-refractivity contribution in [2.24, 2.45) is 0 Å². The van der Waals surface area contributed by atoms with Crippen molar-refractivity contribution in [3.05, 3.63) is 47.0 Å². The Morgan fingerprint density at radius 3 is 1.35 bits per heavy atom. The molecule has 0 aliphatic carbocycles. The SMILES string of the molecule is CO/C(C)=C/C=C(\C)C/C(C)=C/C=C(\C)OC. The van der Waals surface area contributed by atoms with Gasteiger partial charge < -0.3 is 9.47 Å². The summed E-state index contributed by atoms with van der Waals surface area (Å²) in [6, 6.07) is 0. The minimum Gasteiger partial charge on any atom is -0.501 e. The maximum Gasteiger partial charge on any atom is 0.0924 e. The van der Waals surface area contributed by atoms with E-state index in [9.17, 15) is 0 Å². The predicted molar refractivity (Wildman–Crippen MR) is 73.7 cm³/mol. The Bertz CT molecular complexity index is 310. The van der Waals surface area contributed by atoms with E-state index < -0.39 is 0 Å². The van der Waals surface area contributed by atoms with Crippen LogP contribution in [0.3, 0.4) is 0 Å². The fourth-order valence-corrected chi connectivity index (χ4v) is 1.21. The zero-order valence-corrected chi connectivity index (χ0v) is 11.8. The van der Waals surface area contributed by atoms with Gasteiger partial charge in [-0.2, -0.15) is 0 Å². The third kappa shape index (κ3) is 8.38. The summed E-state index contributed by atoms with van der Waals surface area (Å²) in [5.74, 6) is 1.84. The normalized spacial score (nSPS) is 14.9. The van der Waals surface area contributed by atoms with Crippen molar-refractivity contribution in [3.63, 3.8) is 0 Å². The standard InChI is InChI=1S/C15H24O2/c1-12(7-9-14(3)16-5)11-13(2)8-10-15(4)17-6/h7-10H,11H2,1-6H3/b12-7+,13-8+,14-9+,15-10+. The van der Waals surface area contributed by atoms with Gasteiger partial charge in [-0.1, -0.05) is 23.3 Å². The highest BCUT2D eigenvalue weighted by molar-refractivity contribution is 5.21. The minimum atomic E-state index is 0.918. The first-order valence-electron chi connectivity index (χ1n) is 5.75. The van der Waals surface area contributed by atoms with Crippen molar-refractivity contribution in [3.8, 4) is 0 Å². The summed E-state index contributed by atoms with van der Waals surface area (Å²) in [5, 5.41) is 0. The van der Waals surface area contributed by atoms with Crippen molar-refractivity contribution in [2.75, 3.05) is 14.2 Å². The van der Waals surface area contributed by atoms with Crippen molar-refractivity contribution in [1.29, 1.82) is 0 Å². The lowest BCUT2D eigenvalue weighted by Crippen LogP contribution is -1.82. The van der Waals surface area contributed by atoms with E-state index >= 15 is 0 Å². The Labute approximate surface area is 105 Å². The molecule has 17 heavy (non-hydrogen) atoms. The second kappa shape index (κ2) is 8.68. The fraction of sp³-hybridized carbons (Fsp3) is 0.467. The van der Waals surface area contributed by atoms with Gasteiger partial charge in [0.05, 0.1) is 25.7 Å². The monoisotopic (exact) mass is 236 g/mol. The lowest BCUT2D eigenvalue weighted by molar-refractivity contribution is 0.293. The van der Waals surface area contributed by atoms with Gasteiger partial charge in [0, 0.05) is 0 Å². The maximum absolute atomic E-state index is 5.07. The lowest BCUT2D eigenvalue weighted by atomic mass is 10.1. The van der Waals surface area contributed by atoms with Crippen LogP contribution in [0, 0.1) is 0 Å². The molecule has 0 atom stereocenters. The first-order chi connectivity index (χ1) is 7.99. The van der Waals surface area contributed by atoms with Crippen LogP contribution in [0.15, 0.2) is 47.0 Å². The van der Waals surface area contributed by atoms with Gasteiger partial charge >= 0.3 is 0 Å². The van der Waals surface area contributed by atoms with Gasteiger partial charge in [-0.3, -0.25) is 0 Å². The summed E-state index contributed by atoms with van der Waals surface area (Å²) in [5.41, 5.74) is 2.61. The highest BCUT2D eigenvalue weighted by atomic mass is 16.5. The van der Waals surface area contributed by atoms with E-state index in [2.05, 4.69) is 26.0 Å². The molecule has 0 aromatic carbocycles. The molecule has 96 valence electrons. The number of ether oxygens (including phenoxy) is 2. The molecule has 0 fully saturated rings. The molecule has 0 saturated carbocycles. The molecular formula is C15H24O2. The van der Waals surface area contributed by atoms with E-state index in [1.54, 1.807) is 14.2 Å². The van der Waals surface area contributed by atoms with Crippen molar-refractivity contribution in [2.45, 2.75) is 34.1 Å². The van der Waals surface area contributed by atoms with Gasteiger partial charge in [0.1, 0.15) is 0 Å². The highest BCUT2D eigenvalue weighted by Gasteiger charge is 1.92. The zero-order chi connectivity index (χ0) is 13.3. The summed E-state index contributed by atoms with van der Waals surface area (Å²) >= 11 is 0. The average Bonchev–Trinajstić information content (AvgIpc) is 2.32. The van der Waals surface area contributed by atoms with Gasteiger partial charge in [-0.25, -0.2) is 0 Å². The number of hydrogen-bond acceptors (Lipinski definition) is 2. The van der Waals surface area contributed by atoms with Gasteiger partial charge in [0.25, 0.3) is 0 Å². The molecular weight excluding hydrogens is 212 g/mol. The predicted octanol–water partition coefficient (Wildman–Crippen LogP) is 4.37. The Hall–Kier alpha value is -1.44. The fourth-order valence-electron chi connectivity index (χ4n) is 1.21. The molecule has 2 nitrogen and oxygen atoms in total. The molecule has 0 unspecified atom stereocenters. The third-order valence-corrected chi connectivity index (χ3v) is 2.41. The Balaban J connectivity index is 4.44. The summed E-state index contributed by atoms with van der Waals surface area (Å²) in [4.78, 5) is 0. The number of rotatable bonds is 6. The van der Waals surface area contributed by atoms with Crippen molar-refractivity contribution < 1.29 is 9.47 Å². The average molecular weight is 236 g/mol. The molecule has 0 aliphatic rings. The molecule has 0 aromatic heterocycles. The van der Waals surface area contributed by atoms with Crippen LogP contribution in [-0.4, -0.2) is 14.2 Å². The lowest BCUT2D eigenvalue weighted by Gasteiger charge is -2.01. The second-order valence-electron chi connectivity index (χ2n) is 4.17. The first kappa shape index (κ1) is 15.6. The number of methoxy groups -OCH3 is 2. The summed E-state index contributed by atoms with van der Waals surface area (Å²) in [6.45, 7) is 8.11. The van der Waals surface area contributed by atoms with Crippen molar-refractivity contribution in [1.82, 2.24) is 0 Å². The molecule has 0 saturated heterocycles. The molecule has 0 rings (SSSR count). The molecule has 0 heterocycles. The highest BCUT2D eigenvalue weighted by Crippen LogP contribution is 2.11. The number of allylic oxidation sites excluding steroid dienone is 8. The van der Waals surface area contributed by atoms with Crippen LogP contribution in [-0.2, 0) is 9.47 Å². The minimum absolute atomic E-state index is 0.918. The largest absolute Gasteiger partial charge is 0.501 e. The first-order valence-corrected chi connectivity index (χ1v) is 5.75. The van der Waals surface area contributed by atoms with Crippen molar-refractivity contribution >= 4 is 0 Å². The molecule has 0 radical (unpaired) electrons. The molecule has 0 aliphatic heterocycles. The molecule has 0 aromatic rings. The van der Waals surface area contributed by atoms with Crippen LogP contribution in [0.25, 0.3) is 0 Å². The van der Waals surface area contributed by atoms with Gasteiger partial charge in [-0.15, -0.1) is 0 Å². The van der Waals surface area contributed by atoms with E-state index in [0.717, 1.165) is 17.9 Å². The van der Waals surface area contributed by atoms with Crippen LogP contribution >= 0.6 is 0 Å². The molecule has 2 heteroatoms.